The molecule has 0 saturated carbocycles. The number of ether oxygens (including phenoxy) is 3. The fourth-order valence-electron chi connectivity index (χ4n) is 2.73. The number of methoxy groups -OCH3 is 2. The summed E-state index contributed by atoms with van der Waals surface area (Å²) in [5, 5.41) is 9.10. The number of hydrogen-bond acceptors (Lipinski definition) is 7. The van der Waals surface area contributed by atoms with Gasteiger partial charge in [0.05, 0.1) is 20.0 Å². The van der Waals surface area contributed by atoms with Crippen molar-refractivity contribution in [2.75, 3.05) is 20.0 Å². The maximum absolute atomic E-state index is 12.4. The minimum atomic E-state index is -0.314. The first kappa shape index (κ1) is 20.7. The molecule has 152 valence electrons. The summed E-state index contributed by atoms with van der Waals surface area (Å²) in [6.45, 7) is 1.90. The van der Waals surface area contributed by atoms with Gasteiger partial charge in [0.15, 0.2) is 22.9 Å². The Hall–Kier alpha value is -3.00. The SMILES string of the molecule is COc1ccc(C(=O)CSc2nnc(C(C)Oc3cccc(OC)c3)n2C)cc1. The summed E-state index contributed by atoms with van der Waals surface area (Å²) in [4.78, 5) is 12.4. The molecule has 1 aromatic heterocycles. The molecular weight excluding hydrogens is 390 g/mol. The Balaban J connectivity index is 1.62. The molecule has 0 N–H and O–H groups in total. The second kappa shape index (κ2) is 9.47. The molecule has 29 heavy (non-hydrogen) atoms. The van der Waals surface area contributed by atoms with E-state index < -0.39 is 0 Å². The summed E-state index contributed by atoms with van der Waals surface area (Å²) in [5.74, 6) is 3.08. The zero-order valence-corrected chi connectivity index (χ0v) is 17.6. The van der Waals surface area contributed by atoms with Crippen LogP contribution in [0.25, 0.3) is 0 Å². The lowest BCUT2D eigenvalue weighted by Gasteiger charge is -2.14. The van der Waals surface area contributed by atoms with Crippen LogP contribution < -0.4 is 14.2 Å². The molecule has 0 bridgehead atoms. The van der Waals surface area contributed by atoms with Crippen LogP contribution in [0.2, 0.25) is 0 Å². The molecule has 8 heteroatoms. The van der Waals surface area contributed by atoms with Crippen LogP contribution in [-0.4, -0.2) is 40.5 Å². The van der Waals surface area contributed by atoms with Gasteiger partial charge in [-0.2, -0.15) is 0 Å². The molecule has 0 fully saturated rings. The Morgan fingerprint density at radius 3 is 2.41 bits per heavy atom. The highest BCUT2D eigenvalue weighted by atomic mass is 32.2. The highest BCUT2D eigenvalue weighted by Crippen LogP contribution is 2.26. The van der Waals surface area contributed by atoms with Crippen molar-refractivity contribution >= 4 is 17.5 Å². The number of nitrogens with zero attached hydrogens (tertiary/aromatic N) is 3. The number of hydrogen-bond donors (Lipinski definition) is 0. The summed E-state index contributed by atoms with van der Waals surface area (Å²) in [6, 6.07) is 14.5. The van der Waals surface area contributed by atoms with Crippen LogP contribution in [0.5, 0.6) is 17.2 Å². The summed E-state index contributed by atoms with van der Waals surface area (Å²) in [6.07, 6.45) is -0.314. The number of carbonyl (C=O) groups excluding carboxylic acids is 1. The number of carbonyl (C=O) groups is 1. The zero-order valence-electron chi connectivity index (χ0n) is 16.8. The van der Waals surface area contributed by atoms with Gasteiger partial charge in [-0.1, -0.05) is 17.8 Å². The van der Waals surface area contributed by atoms with E-state index in [1.165, 1.54) is 11.8 Å². The van der Waals surface area contributed by atoms with E-state index in [4.69, 9.17) is 14.2 Å². The maximum atomic E-state index is 12.4. The van der Waals surface area contributed by atoms with Gasteiger partial charge in [0.1, 0.15) is 17.2 Å². The lowest BCUT2D eigenvalue weighted by molar-refractivity contribution is 0.102. The maximum Gasteiger partial charge on any atom is 0.191 e. The molecule has 1 heterocycles. The molecule has 0 saturated heterocycles. The van der Waals surface area contributed by atoms with E-state index in [9.17, 15) is 4.79 Å². The molecule has 0 radical (unpaired) electrons. The summed E-state index contributed by atoms with van der Waals surface area (Å²) in [7, 11) is 5.07. The molecule has 1 unspecified atom stereocenters. The number of thioether (sulfide) groups is 1. The fraction of sp³-hybridized carbons (Fsp3) is 0.286. The van der Waals surface area contributed by atoms with Gasteiger partial charge >= 0.3 is 0 Å². The molecule has 7 nitrogen and oxygen atoms in total. The van der Waals surface area contributed by atoms with Crippen LogP contribution in [0.15, 0.2) is 53.7 Å². The number of Topliss-reactive ketones (excluding diaryl/α,β-unsaturated/α-hetero) is 1. The molecule has 0 spiro atoms. The largest absolute Gasteiger partial charge is 0.497 e. The first-order valence-electron chi connectivity index (χ1n) is 9.02. The third-order valence-electron chi connectivity index (χ3n) is 4.33. The predicted octanol–water partition coefficient (Wildman–Crippen LogP) is 3.95. The molecule has 0 aliphatic rings. The topological polar surface area (TPSA) is 75.5 Å². The van der Waals surface area contributed by atoms with Gasteiger partial charge in [-0.15, -0.1) is 10.2 Å². The molecule has 2 aromatic carbocycles. The van der Waals surface area contributed by atoms with Crippen molar-refractivity contribution in [1.29, 1.82) is 0 Å². The average Bonchev–Trinajstić information content (AvgIpc) is 3.12. The van der Waals surface area contributed by atoms with E-state index >= 15 is 0 Å². The van der Waals surface area contributed by atoms with E-state index in [-0.39, 0.29) is 17.6 Å². The van der Waals surface area contributed by atoms with Crippen molar-refractivity contribution in [2.45, 2.75) is 18.2 Å². The van der Waals surface area contributed by atoms with E-state index in [1.54, 1.807) is 38.5 Å². The Kier molecular flexibility index (Phi) is 6.77. The Bertz CT molecular complexity index is 972. The second-order valence-corrected chi connectivity index (χ2v) is 7.22. The normalized spacial score (nSPS) is 11.7. The summed E-state index contributed by atoms with van der Waals surface area (Å²) >= 11 is 1.34. The van der Waals surface area contributed by atoms with Crippen molar-refractivity contribution in [1.82, 2.24) is 14.8 Å². The summed E-state index contributed by atoms with van der Waals surface area (Å²) in [5.41, 5.74) is 0.635. The van der Waals surface area contributed by atoms with Crippen molar-refractivity contribution < 1.29 is 19.0 Å². The summed E-state index contributed by atoms with van der Waals surface area (Å²) < 4.78 is 18.1. The number of ketones is 1. The molecule has 3 rings (SSSR count). The van der Waals surface area contributed by atoms with Gasteiger partial charge in [0.2, 0.25) is 0 Å². The number of rotatable bonds is 9. The highest BCUT2D eigenvalue weighted by Gasteiger charge is 2.18. The van der Waals surface area contributed by atoms with Gasteiger partial charge < -0.3 is 18.8 Å². The first-order chi connectivity index (χ1) is 14.0. The van der Waals surface area contributed by atoms with Gasteiger partial charge in [0.25, 0.3) is 0 Å². The van der Waals surface area contributed by atoms with Crippen LogP contribution in [-0.2, 0) is 7.05 Å². The van der Waals surface area contributed by atoms with Crippen molar-refractivity contribution in [3.05, 3.63) is 59.9 Å². The van der Waals surface area contributed by atoms with Crippen molar-refractivity contribution in [2.24, 2.45) is 7.05 Å². The monoisotopic (exact) mass is 413 g/mol. The molecule has 0 aliphatic heterocycles. The quantitative estimate of drug-likeness (QED) is 0.388. The number of benzene rings is 2. The van der Waals surface area contributed by atoms with E-state index in [0.717, 1.165) is 11.5 Å². The van der Waals surface area contributed by atoms with Crippen LogP contribution in [0.3, 0.4) is 0 Å². The van der Waals surface area contributed by atoms with Gasteiger partial charge in [-0.3, -0.25) is 4.79 Å². The Morgan fingerprint density at radius 1 is 1.03 bits per heavy atom. The third-order valence-corrected chi connectivity index (χ3v) is 5.35. The lowest BCUT2D eigenvalue weighted by Crippen LogP contribution is -2.10. The van der Waals surface area contributed by atoms with E-state index in [0.29, 0.717) is 22.3 Å². The van der Waals surface area contributed by atoms with E-state index in [1.807, 2.05) is 42.8 Å². The fourth-order valence-corrected chi connectivity index (χ4v) is 3.54. The Labute approximate surface area is 174 Å². The standard InChI is InChI=1S/C21H23N3O4S/c1-14(28-18-7-5-6-17(12-18)27-4)20-22-23-21(24(20)2)29-13-19(25)15-8-10-16(26-3)11-9-15/h5-12,14H,13H2,1-4H3. The molecule has 3 aromatic rings. The zero-order chi connectivity index (χ0) is 20.8. The first-order valence-corrected chi connectivity index (χ1v) is 10.0. The van der Waals surface area contributed by atoms with Crippen LogP contribution in [0.4, 0.5) is 0 Å². The van der Waals surface area contributed by atoms with Crippen molar-refractivity contribution in [3.63, 3.8) is 0 Å². The van der Waals surface area contributed by atoms with Crippen LogP contribution >= 0.6 is 11.8 Å². The van der Waals surface area contributed by atoms with Crippen LogP contribution in [0.1, 0.15) is 29.2 Å². The molecule has 1 atom stereocenters. The minimum Gasteiger partial charge on any atom is -0.497 e. The minimum absolute atomic E-state index is 0.0166. The molecule has 0 amide bonds. The Morgan fingerprint density at radius 2 is 1.72 bits per heavy atom. The average molecular weight is 413 g/mol. The third kappa shape index (κ3) is 5.08. The second-order valence-electron chi connectivity index (χ2n) is 6.28. The molecular formula is C21H23N3O4S. The van der Waals surface area contributed by atoms with Crippen molar-refractivity contribution in [3.8, 4) is 17.2 Å². The number of aromatic nitrogens is 3. The van der Waals surface area contributed by atoms with E-state index in [2.05, 4.69) is 10.2 Å². The van der Waals surface area contributed by atoms with Crippen LogP contribution in [0, 0.1) is 0 Å². The van der Waals surface area contributed by atoms with Gasteiger partial charge in [-0.05, 0) is 43.3 Å². The highest BCUT2D eigenvalue weighted by molar-refractivity contribution is 7.99. The lowest BCUT2D eigenvalue weighted by atomic mass is 10.1. The smallest absolute Gasteiger partial charge is 0.191 e. The predicted molar refractivity (Wildman–Crippen MR) is 111 cm³/mol. The molecule has 0 aliphatic carbocycles. The van der Waals surface area contributed by atoms with Gasteiger partial charge in [-0.25, -0.2) is 0 Å². The van der Waals surface area contributed by atoms with Gasteiger partial charge in [0, 0.05) is 18.7 Å².